The summed E-state index contributed by atoms with van der Waals surface area (Å²) < 4.78 is 23.9. The second-order valence-corrected chi connectivity index (χ2v) is 9.85. The monoisotopic (exact) mass is 520 g/mol. The SMILES string of the molecule is Cc1ccc(OCCN2CCN(C)CC2)c(Cc2ccccc2)c1.O=P(O)(O)O.O=P(O)(O)O. The first-order chi connectivity index (χ1) is 15.7. The van der Waals surface area contributed by atoms with E-state index in [4.69, 9.17) is 43.2 Å². The average Bonchev–Trinajstić information content (AvgIpc) is 2.69. The molecular formula is C21H34N2O9P2. The van der Waals surface area contributed by atoms with Crippen molar-refractivity contribution >= 4 is 15.6 Å². The van der Waals surface area contributed by atoms with E-state index >= 15 is 0 Å². The van der Waals surface area contributed by atoms with Crippen LogP contribution in [-0.4, -0.2) is 85.5 Å². The summed E-state index contributed by atoms with van der Waals surface area (Å²) >= 11 is 0. The van der Waals surface area contributed by atoms with Crippen LogP contribution in [0.2, 0.25) is 0 Å². The van der Waals surface area contributed by atoms with Gasteiger partial charge in [-0.1, -0.05) is 48.0 Å². The third-order valence-corrected chi connectivity index (χ3v) is 4.71. The Morgan fingerprint density at radius 2 is 1.38 bits per heavy atom. The molecule has 0 radical (unpaired) electrons. The molecule has 11 nitrogen and oxygen atoms in total. The second-order valence-electron chi connectivity index (χ2n) is 7.79. The van der Waals surface area contributed by atoms with Crippen molar-refractivity contribution in [3.8, 4) is 5.75 Å². The number of hydrogen-bond donors (Lipinski definition) is 6. The van der Waals surface area contributed by atoms with Crippen LogP contribution in [0.25, 0.3) is 0 Å². The molecule has 2 aromatic carbocycles. The van der Waals surface area contributed by atoms with Gasteiger partial charge in [0.15, 0.2) is 0 Å². The summed E-state index contributed by atoms with van der Waals surface area (Å²) in [7, 11) is -7.09. The van der Waals surface area contributed by atoms with E-state index in [0.29, 0.717) is 0 Å². The summed E-state index contributed by atoms with van der Waals surface area (Å²) in [6.07, 6.45) is 0.923. The van der Waals surface area contributed by atoms with E-state index in [1.54, 1.807) is 0 Å². The van der Waals surface area contributed by atoms with Crippen LogP contribution in [0.3, 0.4) is 0 Å². The summed E-state index contributed by atoms with van der Waals surface area (Å²) in [6, 6.07) is 17.1. The Hall–Kier alpha value is -1.62. The molecule has 1 aliphatic rings. The van der Waals surface area contributed by atoms with Gasteiger partial charge in [0, 0.05) is 39.1 Å². The zero-order chi connectivity index (χ0) is 25.8. The first kappa shape index (κ1) is 30.4. The Morgan fingerprint density at radius 1 is 0.853 bits per heavy atom. The van der Waals surface area contributed by atoms with Gasteiger partial charge in [0.25, 0.3) is 0 Å². The number of benzene rings is 2. The van der Waals surface area contributed by atoms with Gasteiger partial charge in [-0.3, -0.25) is 4.90 Å². The normalized spacial score (nSPS) is 14.9. The van der Waals surface area contributed by atoms with E-state index < -0.39 is 15.6 Å². The van der Waals surface area contributed by atoms with Gasteiger partial charge in [0.05, 0.1) is 0 Å². The van der Waals surface area contributed by atoms with Crippen LogP contribution in [0, 0.1) is 6.92 Å². The molecule has 6 N–H and O–H groups in total. The highest BCUT2D eigenvalue weighted by Crippen LogP contribution is 2.26. The van der Waals surface area contributed by atoms with Crippen molar-refractivity contribution in [3.05, 3.63) is 65.2 Å². The molecule has 0 unspecified atom stereocenters. The number of nitrogens with zero attached hydrogens (tertiary/aromatic N) is 2. The number of rotatable bonds is 6. The first-order valence-electron chi connectivity index (χ1n) is 10.4. The number of phosphoric acid groups is 2. The molecule has 2 aromatic rings. The number of likely N-dealkylation sites (N-methyl/N-ethyl adjacent to an activating group) is 1. The Bertz CT molecular complexity index is 906. The summed E-state index contributed by atoms with van der Waals surface area (Å²) in [5.74, 6) is 1.03. The third-order valence-electron chi connectivity index (χ3n) is 4.71. The predicted molar refractivity (Wildman–Crippen MR) is 128 cm³/mol. The van der Waals surface area contributed by atoms with Gasteiger partial charge in [-0.25, -0.2) is 9.13 Å². The molecule has 1 heterocycles. The molecule has 1 fully saturated rings. The van der Waals surface area contributed by atoms with Crippen LogP contribution in [0.1, 0.15) is 16.7 Å². The topological polar surface area (TPSA) is 171 Å². The van der Waals surface area contributed by atoms with Crippen molar-refractivity contribution in [3.63, 3.8) is 0 Å². The summed E-state index contributed by atoms with van der Waals surface area (Å²) in [5, 5.41) is 0. The Morgan fingerprint density at radius 3 is 1.91 bits per heavy atom. The smallest absolute Gasteiger partial charge is 0.466 e. The van der Waals surface area contributed by atoms with Gasteiger partial charge >= 0.3 is 15.6 Å². The van der Waals surface area contributed by atoms with Gasteiger partial charge in [0.1, 0.15) is 12.4 Å². The highest BCUT2D eigenvalue weighted by molar-refractivity contribution is 7.45. The highest BCUT2D eigenvalue weighted by atomic mass is 31.2. The minimum absolute atomic E-state index is 0.758. The van der Waals surface area contributed by atoms with E-state index in [0.717, 1.165) is 51.5 Å². The molecule has 0 aromatic heterocycles. The molecule has 0 bridgehead atoms. The van der Waals surface area contributed by atoms with Gasteiger partial charge in [-0.2, -0.15) is 0 Å². The molecular weight excluding hydrogens is 486 g/mol. The quantitative estimate of drug-likeness (QED) is 0.304. The van der Waals surface area contributed by atoms with Crippen molar-refractivity contribution < 1.29 is 43.2 Å². The molecule has 13 heteroatoms. The predicted octanol–water partition coefficient (Wildman–Crippen LogP) is 1.35. The molecule has 0 amide bonds. The molecule has 1 aliphatic heterocycles. The van der Waals surface area contributed by atoms with Crippen LogP contribution in [-0.2, 0) is 15.6 Å². The van der Waals surface area contributed by atoms with Crippen LogP contribution >= 0.6 is 15.6 Å². The molecule has 0 spiro atoms. The van der Waals surface area contributed by atoms with Crippen LogP contribution in [0.5, 0.6) is 5.75 Å². The molecule has 0 aliphatic carbocycles. The maximum atomic E-state index is 8.88. The van der Waals surface area contributed by atoms with Gasteiger partial charge in [-0.15, -0.1) is 0 Å². The van der Waals surface area contributed by atoms with E-state index in [1.807, 2.05) is 0 Å². The first-order valence-corrected chi connectivity index (χ1v) is 13.6. The van der Waals surface area contributed by atoms with Crippen LogP contribution in [0.4, 0.5) is 0 Å². The number of aryl methyl sites for hydroxylation is 1. The van der Waals surface area contributed by atoms with E-state index in [9.17, 15) is 0 Å². The lowest BCUT2D eigenvalue weighted by atomic mass is 10.0. The maximum Gasteiger partial charge on any atom is 0.466 e. The van der Waals surface area contributed by atoms with Crippen molar-refractivity contribution in [2.45, 2.75) is 13.3 Å². The number of hydrogen-bond acceptors (Lipinski definition) is 5. The van der Waals surface area contributed by atoms with Crippen molar-refractivity contribution in [2.75, 3.05) is 46.4 Å². The maximum absolute atomic E-state index is 8.88. The second kappa shape index (κ2) is 14.7. The Kier molecular flexibility index (Phi) is 13.2. The molecule has 34 heavy (non-hydrogen) atoms. The van der Waals surface area contributed by atoms with Gasteiger partial charge < -0.3 is 39.0 Å². The Labute approximate surface area is 199 Å². The minimum Gasteiger partial charge on any atom is -0.492 e. The zero-order valence-corrected chi connectivity index (χ0v) is 21.1. The summed E-state index contributed by atoms with van der Waals surface area (Å²) in [4.78, 5) is 48.0. The molecule has 1 saturated heterocycles. The van der Waals surface area contributed by atoms with E-state index in [-0.39, 0.29) is 0 Å². The molecule has 0 saturated carbocycles. The highest BCUT2D eigenvalue weighted by Gasteiger charge is 2.13. The standard InChI is InChI=1S/C21H28N2O.2H3O4P/c1-18-8-9-21(20(16-18)17-19-6-4-3-5-7-19)24-15-14-23-12-10-22(2)11-13-23;2*1-5(2,3)4/h3-9,16H,10-15,17H2,1-2H3;2*(H3,1,2,3,4). The number of ether oxygens (including phenoxy) is 1. The fourth-order valence-electron chi connectivity index (χ4n) is 3.16. The lowest BCUT2D eigenvalue weighted by molar-refractivity contribution is 0.133. The molecule has 192 valence electrons. The third kappa shape index (κ3) is 16.9. The minimum atomic E-state index is -4.64. The van der Waals surface area contributed by atoms with Gasteiger partial charge in [-0.05, 0) is 31.2 Å². The van der Waals surface area contributed by atoms with Crippen molar-refractivity contribution in [1.82, 2.24) is 9.80 Å². The number of piperazine rings is 1. The van der Waals surface area contributed by atoms with Crippen molar-refractivity contribution in [2.24, 2.45) is 0 Å². The fraction of sp³-hybridized carbons (Fsp3) is 0.429. The average molecular weight is 520 g/mol. The van der Waals surface area contributed by atoms with Crippen molar-refractivity contribution in [1.29, 1.82) is 0 Å². The lowest BCUT2D eigenvalue weighted by Gasteiger charge is -2.32. The van der Waals surface area contributed by atoms with Crippen LogP contribution in [0.15, 0.2) is 48.5 Å². The summed E-state index contributed by atoms with van der Waals surface area (Å²) in [6.45, 7) is 8.51. The Balaban J connectivity index is 0.000000489. The van der Waals surface area contributed by atoms with E-state index in [2.05, 4.69) is 72.3 Å². The molecule has 0 atom stereocenters. The lowest BCUT2D eigenvalue weighted by Crippen LogP contribution is -2.45. The van der Waals surface area contributed by atoms with E-state index in [1.165, 1.54) is 16.7 Å². The van der Waals surface area contributed by atoms with Crippen LogP contribution < -0.4 is 4.74 Å². The fourth-order valence-corrected chi connectivity index (χ4v) is 3.16. The largest absolute Gasteiger partial charge is 0.492 e. The molecule has 3 rings (SSSR count). The zero-order valence-electron chi connectivity index (χ0n) is 19.3. The van der Waals surface area contributed by atoms with Gasteiger partial charge in [0.2, 0.25) is 0 Å². The summed E-state index contributed by atoms with van der Waals surface area (Å²) in [5.41, 5.74) is 3.89.